The van der Waals surface area contributed by atoms with E-state index in [2.05, 4.69) is 20.8 Å². The van der Waals surface area contributed by atoms with E-state index in [0.717, 1.165) is 11.1 Å². The minimum absolute atomic E-state index is 0. The molecule has 0 bridgehead atoms. The molecule has 1 rings (SSSR count). The van der Waals surface area contributed by atoms with Gasteiger partial charge in [-0.2, -0.15) is 0 Å². The molecule has 0 aliphatic rings. The van der Waals surface area contributed by atoms with Crippen LogP contribution in [0.2, 0.25) is 0 Å². The molecule has 0 heterocycles. The molecule has 0 spiro atoms. The molecule has 0 fully saturated rings. The van der Waals surface area contributed by atoms with Crippen LogP contribution in [0.25, 0.3) is 0 Å². The van der Waals surface area contributed by atoms with Gasteiger partial charge in [0.05, 0.1) is 0 Å². The summed E-state index contributed by atoms with van der Waals surface area (Å²) < 4.78 is 0. The van der Waals surface area contributed by atoms with Gasteiger partial charge in [-0.05, 0) is 22.5 Å². The molecule has 4 heteroatoms. The normalized spacial score (nSPS) is 11.9. The Morgan fingerprint density at radius 3 is 1.79 bits per heavy atom. The third-order valence-electron chi connectivity index (χ3n) is 2.97. The Balaban J connectivity index is 0.00000324. The molecule has 0 unspecified atom stereocenters. The minimum Gasteiger partial charge on any atom is -0.507 e. The lowest BCUT2D eigenvalue weighted by molar-refractivity contribution is 0.0693. The highest BCUT2D eigenvalue weighted by Crippen LogP contribution is 2.41. The summed E-state index contributed by atoms with van der Waals surface area (Å²) >= 11 is 0. The van der Waals surface area contributed by atoms with Crippen molar-refractivity contribution in [3.05, 3.63) is 28.8 Å². The number of benzene rings is 1. The van der Waals surface area contributed by atoms with Gasteiger partial charge in [0.1, 0.15) is 11.3 Å². The van der Waals surface area contributed by atoms with Crippen molar-refractivity contribution in [1.82, 2.24) is 0 Å². The molecule has 0 amide bonds. The van der Waals surface area contributed by atoms with Gasteiger partial charge in [-0.15, -0.1) is 0 Å². The van der Waals surface area contributed by atoms with E-state index in [9.17, 15) is 9.90 Å². The summed E-state index contributed by atoms with van der Waals surface area (Å²) in [5.74, 6) is -1.21. The predicted molar refractivity (Wildman–Crippen MR) is 78.2 cm³/mol. The van der Waals surface area contributed by atoms with E-state index in [-0.39, 0.29) is 39.5 Å². The highest BCUT2D eigenvalue weighted by atomic mass is 27.0. The van der Waals surface area contributed by atoms with E-state index in [0.29, 0.717) is 0 Å². The number of aromatic hydroxyl groups is 1. The fraction of sp³-hybridized carbons (Fsp3) is 0.533. The lowest BCUT2D eigenvalue weighted by Gasteiger charge is -2.31. The Kier molecular flexibility index (Phi) is 5.28. The van der Waals surface area contributed by atoms with Crippen LogP contribution < -0.4 is 0 Å². The highest BCUT2D eigenvalue weighted by molar-refractivity contribution is 5.91. The Hall–Kier alpha value is -0.978. The first kappa shape index (κ1) is 18.0. The molecule has 0 atom stereocenters. The van der Waals surface area contributed by atoms with Crippen LogP contribution in [0.4, 0.5) is 0 Å². The summed E-state index contributed by atoms with van der Waals surface area (Å²) in [5.41, 5.74) is 1.22. The van der Waals surface area contributed by atoms with E-state index in [1.807, 2.05) is 26.8 Å². The van der Waals surface area contributed by atoms with Crippen LogP contribution in [0.15, 0.2) is 12.1 Å². The number of rotatable bonds is 1. The largest absolute Gasteiger partial charge is 0.507 e. The molecule has 0 saturated heterocycles. The maximum absolute atomic E-state index is 11.1. The maximum atomic E-state index is 11.1. The first-order valence-electron chi connectivity index (χ1n) is 6.06. The molecule has 3 radical (unpaired) electrons. The summed E-state index contributed by atoms with van der Waals surface area (Å²) in [6, 6.07) is 3.29. The van der Waals surface area contributed by atoms with Gasteiger partial charge in [-0.25, -0.2) is 4.79 Å². The third kappa shape index (κ3) is 3.75. The van der Waals surface area contributed by atoms with Crippen molar-refractivity contribution in [3.63, 3.8) is 0 Å². The van der Waals surface area contributed by atoms with Crippen LogP contribution in [0.5, 0.6) is 5.75 Å². The van der Waals surface area contributed by atoms with Crippen molar-refractivity contribution in [2.75, 3.05) is 0 Å². The second-order valence-corrected chi connectivity index (χ2v) is 6.69. The van der Waals surface area contributed by atoms with Crippen LogP contribution in [0.1, 0.15) is 63.0 Å². The number of hydrogen-bond donors (Lipinski definition) is 2. The van der Waals surface area contributed by atoms with Gasteiger partial charge < -0.3 is 10.2 Å². The van der Waals surface area contributed by atoms with Gasteiger partial charge in [-0.3, -0.25) is 0 Å². The summed E-state index contributed by atoms with van der Waals surface area (Å²) in [6.07, 6.45) is 0. The van der Waals surface area contributed by atoms with Crippen LogP contribution in [0.3, 0.4) is 0 Å². The zero-order chi connectivity index (χ0) is 14.3. The number of phenols is 1. The van der Waals surface area contributed by atoms with E-state index in [1.165, 1.54) is 6.07 Å². The van der Waals surface area contributed by atoms with Crippen molar-refractivity contribution in [2.45, 2.75) is 52.4 Å². The van der Waals surface area contributed by atoms with Crippen LogP contribution in [0, 0.1) is 0 Å². The monoisotopic (exact) mass is 277 g/mol. The first-order chi connectivity index (χ1) is 7.96. The van der Waals surface area contributed by atoms with Gasteiger partial charge in [0.25, 0.3) is 0 Å². The lowest BCUT2D eigenvalue weighted by Crippen LogP contribution is -2.23. The Labute approximate surface area is 125 Å². The number of aromatic carboxylic acids is 1. The molecule has 1 aromatic rings. The predicted octanol–water partition coefficient (Wildman–Crippen LogP) is 3.30. The summed E-state index contributed by atoms with van der Waals surface area (Å²) in [4.78, 5) is 11.1. The van der Waals surface area contributed by atoms with Crippen molar-refractivity contribution < 1.29 is 15.0 Å². The topological polar surface area (TPSA) is 57.5 Å². The molecule has 19 heavy (non-hydrogen) atoms. The van der Waals surface area contributed by atoms with Gasteiger partial charge >= 0.3 is 5.97 Å². The van der Waals surface area contributed by atoms with Crippen molar-refractivity contribution in [2.24, 2.45) is 0 Å². The van der Waals surface area contributed by atoms with Gasteiger partial charge in [0.15, 0.2) is 0 Å². The van der Waals surface area contributed by atoms with Gasteiger partial charge in [0, 0.05) is 22.9 Å². The maximum Gasteiger partial charge on any atom is 0.339 e. The van der Waals surface area contributed by atoms with Crippen LogP contribution in [-0.2, 0) is 10.8 Å². The zero-order valence-electron chi connectivity index (χ0n) is 12.5. The quantitative estimate of drug-likeness (QED) is 0.774. The Morgan fingerprint density at radius 1 is 1.00 bits per heavy atom. The van der Waals surface area contributed by atoms with Gasteiger partial charge in [0.2, 0.25) is 0 Å². The molecular formula is C15H22AlO3. The molecule has 1 aromatic carbocycles. The average Bonchev–Trinajstić information content (AvgIpc) is 2.12. The molecule has 2 N–H and O–H groups in total. The van der Waals surface area contributed by atoms with E-state index >= 15 is 0 Å². The lowest BCUT2D eigenvalue weighted by atomic mass is 9.74. The number of carbonyl (C=O) groups is 1. The summed E-state index contributed by atoms with van der Waals surface area (Å²) in [5, 5.41) is 19.3. The van der Waals surface area contributed by atoms with E-state index in [1.54, 1.807) is 0 Å². The van der Waals surface area contributed by atoms with Crippen molar-refractivity contribution in [3.8, 4) is 5.75 Å². The smallest absolute Gasteiger partial charge is 0.339 e. The van der Waals surface area contributed by atoms with Crippen molar-refractivity contribution in [1.29, 1.82) is 0 Å². The van der Waals surface area contributed by atoms with Crippen LogP contribution >= 0.6 is 0 Å². The molecule has 0 aromatic heterocycles. The van der Waals surface area contributed by atoms with E-state index in [4.69, 9.17) is 5.11 Å². The Morgan fingerprint density at radius 2 is 1.47 bits per heavy atom. The number of carboxylic acid groups (broad SMARTS) is 1. The second kappa shape index (κ2) is 5.57. The van der Waals surface area contributed by atoms with Gasteiger partial charge in [-0.1, -0.05) is 47.6 Å². The van der Waals surface area contributed by atoms with Crippen LogP contribution in [-0.4, -0.2) is 33.5 Å². The molecule has 0 aliphatic carbocycles. The first-order valence-corrected chi connectivity index (χ1v) is 6.06. The molecular weight excluding hydrogens is 255 g/mol. The number of hydrogen-bond acceptors (Lipinski definition) is 2. The minimum atomic E-state index is -1.10. The third-order valence-corrected chi connectivity index (χ3v) is 2.97. The number of carboxylic acids is 1. The fourth-order valence-electron chi connectivity index (χ4n) is 2.15. The Bertz CT molecular complexity index is 479. The second-order valence-electron chi connectivity index (χ2n) is 6.69. The zero-order valence-corrected chi connectivity index (χ0v) is 13.7. The molecule has 0 saturated carbocycles. The average molecular weight is 277 g/mol. The molecule has 3 nitrogen and oxygen atoms in total. The standard InChI is InChI=1S/C15H22O3.Al/c1-14(2,3)10-8-7-9(13(17)18)12(16)11(10)15(4,5)6;/h7-8,16H,1-6H3,(H,17,18);. The van der Waals surface area contributed by atoms with E-state index < -0.39 is 5.97 Å². The molecule has 0 aliphatic heterocycles. The van der Waals surface area contributed by atoms with Crippen molar-refractivity contribution >= 4 is 23.3 Å². The SMILES string of the molecule is CC(C)(C)c1ccc(C(=O)O)c(O)c1C(C)(C)C.[Al]. The fourth-order valence-corrected chi connectivity index (χ4v) is 2.15. The summed E-state index contributed by atoms with van der Waals surface area (Å²) in [7, 11) is 0. The molecule has 103 valence electrons. The summed E-state index contributed by atoms with van der Waals surface area (Å²) in [6.45, 7) is 12.1. The highest BCUT2D eigenvalue weighted by Gasteiger charge is 2.30.